The molecule has 0 saturated heterocycles. The third-order valence-corrected chi connectivity index (χ3v) is 4.26. The highest BCUT2D eigenvalue weighted by molar-refractivity contribution is 5.95. The summed E-state index contributed by atoms with van der Waals surface area (Å²) < 4.78 is 11.1. The van der Waals surface area contributed by atoms with Gasteiger partial charge in [-0.1, -0.05) is 26.3 Å². The van der Waals surface area contributed by atoms with Crippen molar-refractivity contribution in [2.75, 3.05) is 11.9 Å². The smallest absolute Gasteiger partial charge is 0.338 e. The summed E-state index contributed by atoms with van der Waals surface area (Å²) in [5.74, 6) is 0.112. The molecule has 5 nitrogen and oxygen atoms in total. The molecule has 2 aromatic rings. The van der Waals surface area contributed by atoms with Gasteiger partial charge in [0, 0.05) is 5.69 Å². The molecule has 0 aliphatic heterocycles. The third kappa shape index (κ3) is 6.41. The standard InChI is InChI=1S/C23H29NO4/c1-5-7-12-27-23(26)18-8-10-19(11-9-18)24-22(25)21(6-2)28-20-14-16(3)13-17(4)15-20/h8-11,13-15,21H,5-7,12H2,1-4H3,(H,24,25)/t21-/m1/s1. The third-order valence-electron chi connectivity index (χ3n) is 4.26. The lowest BCUT2D eigenvalue weighted by atomic mass is 10.1. The zero-order valence-corrected chi connectivity index (χ0v) is 17.1. The second-order valence-corrected chi connectivity index (χ2v) is 6.89. The minimum Gasteiger partial charge on any atom is -0.481 e. The Morgan fingerprint density at radius 1 is 1.00 bits per heavy atom. The van der Waals surface area contributed by atoms with Crippen LogP contribution in [0.2, 0.25) is 0 Å². The summed E-state index contributed by atoms with van der Waals surface area (Å²) in [5.41, 5.74) is 3.25. The Morgan fingerprint density at radius 3 is 2.21 bits per heavy atom. The van der Waals surface area contributed by atoms with Gasteiger partial charge in [0.15, 0.2) is 6.10 Å². The summed E-state index contributed by atoms with van der Waals surface area (Å²) in [5, 5.41) is 2.84. The van der Waals surface area contributed by atoms with E-state index in [-0.39, 0.29) is 11.9 Å². The first-order chi connectivity index (χ1) is 13.4. The number of nitrogens with one attached hydrogen (secondary N) is 1. The van der Waals surface area contributed by atoms with Crippen LogP contribution in [0.25, 0.3) is 0 Å². The Balaban J connectivity index is 1.97. The van der Waals surface area contributed by atoms with Crippen LogP contribution >= 0.6 is 0 Å². The normalized spacial score (nSPS) is 11.6. The van der Waals surface area contributed by atoms with E-state index in [9.17, 15) is 9.59 Å². The van der Waals surface area contributed by atoms with Crippen molar-refractivity contribution in [3.05, 3.63) is 59.2 Å². The second kappa shape index (κ2) is 10.5. The molecule has 2 rings (SSSR count). The van der Waals surface area contributed by atoms with Gasteiger partial charge in [-0.15, -0.1) is 0 Å². The lowest BCUT2D eigenvalue weighted by Gasteiger charge is -2.18. The summed E-state index contributed by atoms with van der Waals surface area (Å²) in [6.07, 6.45) is 1.76. The van der Waals surface area contributed by atoms with E-state index in [2.05, 4.69) is 11.4 Å². The molecule has 150 valence electrons. The number of hydrogen-bond donors (Lipinski definition) is 1. The molecule has 1 atom stereocenters. The largest absolute Gasteiger partial charge is 0.481 e. The topological polar surface area (TPSA) is 64.6 Å². The number of benzene rings is 2. The van der Waals surface area contributed by atoms with Crippen LogP contribution in [-0.2, 0) is 9.53 Å². The quantitative estimate of drug-likeness (QED) is 0.486. The fourth-order valence-electron chi connectivity index (χ4n) is 2.79. The summed E-state index contributed by atoms with van der Waals surface area (Å²) in [6.45, 7) is 8.36. The molecule has 0 aromatic heterocycles. The van der Waals surface area contributed by atoms with Crippen LogP contribution < -0.4 is 10.1 Å². The van der Waals surface area contributed by atoms with Gasteiger partial charge in [-0.05, 0) is 74.2 Å². The van der Waals surface area contributed by atoms with E-state index in [1.54, 1.807) is 24.3 Å². The maximum atomic E-state index is 12.6. The number of aryl methyl sites for hydroxylation is 2. The first-order valence-corrected chi connectivity index (χ1v) is 9.76. The summed E-state index contributed by atoms with van der Waals surface area (Å²) >= 11 is 0. The van der Waals surface area contributed by atoms with Crippen molar-refractivity contribution >= 4 is 17.6 Å². The zero-order valence-electron chi connectivity index (χ0n) is 17.1. The van der Waals surface area contributed by atoms with Crippen molar-refractivity contribution in [3.8, 4) is 5.75 Å². The fourth-order valence-corrected chi connectivity index (χ4v) is 2.79. The van der Waals surface area contributed by atoms with Crippen molar-refractivity contribution in [3.63, 3.8) is 0 Å². The van der Waals surface area contributed by atoms with Gasteiger partial charge < -0.3 is 14.8 Å². The van der Waals surface area contributed by atoms with Gasteiger partial charge in [0.05, 0.1) is 12.2 Å². The number of rotatable bonds is 9. The Hall–Kier alpha value is -2.82. The van der Waals surface area contributed by atoms with Gasteiger partial charge in [0.25, 0.3) is 5.91 Å². The molecule has 2 aromatic carbocycles. The maximum absolute atomic E-state index is 12.6. The highest BCUT2D eigenvalue weighted by atomic mass is 16.5. The van der Waals surface area contributed by atoms with Gasteiger partial charge in [-0.3, -0.25) is 4.79 Å². The predicted octanol–water partition coefficient (Wildman–Crippen LogP) is 5.06. The molecule has 0 fully saturated rings. The average molecular weight is 383 g/mol. The predicted molar refractivity (Wildman–Crippen MR) is 111 cm³/mol. The highest BCUT2D eigenvalue weighted by Gasteiger charge is 2.19. The van der Waals surface area contributed by atoms with E-state index in [0.717, 1.165) is 24.0 Å². The van der Waals surface area contributed by atoms with Gasteiger partial charge in [0.2, 0.25) is 0 Å². The van der Waals surface area contributed by atoms with E-state index < -0.39 is 6.10 Å². The van der Waals surface area contributed by atoms with E-state index >= 15 is 0 Å². The molecule has 0 bridgehead atoms. The van der Waals surface area contributed by atoms with Crippen LogP contribution in [0.1, 0.15) is 54.6 Å². The molecular weight excluding hydrogens is 354 g/mol. The van der Waals surface area contributed by atoms with Crippen LogP contribution in [0.3, 0.4) is 0 Å². The van der Waals surface area contributed by atoms with Crippen LogP contribution in [0.5, 0.6) is 5.75 Å². The number of carbonyl (C=O) groups is 2. The molecule has 0 saturated carbocycles. The number of unbranched alkanes of at least 4 members (excludes halogenated alkanes) is 1. The first-order valence-electron chi connectivity index (χ1n) is 9.76. The molecule has 1 N–H and O–H groups in total. The maximum Gasteiger partial charge on any atom is 0.338 e. The van der Waals surface area contributed by atoms with E-state index in [1.165, 1.54) is 0 Å². The number of anilines is 1. The molecule has 0 aliphatic carbocycles. The number of ether oxygens (including phenoxy) is 2. The molecule has 0 heterocycles. The van der Waals surface area contributed by atoms with Crippen molar-refractivity contribution < 1.29 is 19.1 Å². The molecular formula is C23H29NO4. The molecule has 1 amide bonds. The monoisotopic (exact) mass is 383 g/mol. The average Bonchev–Trinajstić information content (AvgIpc) is 2.66. The van der Waals surface area contributed by atoms with Crippen molar-refractivity contribution in [2.24, 2.45) is 0 Å². The molecule has 0 radical (unpaired) electrons. The highest BCUT2D eigenvalue weighted by Crippen LogP contribution is 2.19. The van der Waals surface area contributed by atoms with Gasteiger partial charge in [-0.2, -0.15) is 0 Å². The summed E-state index contributed by atoms with van der Waals surface area (Å²) in [4.78, 5) is 24.5. The van der Waals surface area contributed by atoms with E-state index in [4.69, 9.17) is 9.47 Å². The van der Waals surface area contributed by atoms with Crippen LogP contribution in [0.4, 0.5) is 5.69 Å². The number of amides is 1. The molecule has 0 spiro atoms. The van der Waals surface area contributed by atoms with Crippen molar-refractivity contribution in [1.29, 1.82) is 0 Å². The number of esters is 1. The lowest BCUT2D eigenvalue weighted by Crippen LogP contribution is -2.32. The Kier molecular flexibility index (Phi) is 8.05. The van der Waals surface area contributed by atoms with Gasteiger partial charge >= 0.3 is 5.97 Å². The summed E-state index contributed by atoms with van der Waals surface area (Å²) in [6, 6.07) is 12.6. The van der Waals surface area contributed by atoms with Crippen LogP contribution in [-0.4, -0.2) is 24.6 Å². The minimum atomic E-state index is -0.597. The Morgan fingerprint density at radius 2 is 1.64 bits per heavy atom. The minimum absolute atomic E-state index is 0.222. The Labute approximate surface area is 167 Å². The first kappa shape index (κ1) is 21.5. The van der Waals surface area contributed by atoms with Gasteiger partial charge in [-0.25, -0.2) is 4.79 Å². The molecule has 0 aliphatic rings. The fraction of sp³-hybridized carbons (Fsp3) is 0.391. The van der Waals surface area contributed by atoms with Crippen LogP contribution in [0, 0.1) is 13.8 Å². The molecule has 5 heteroatoms. The Bertz CT molecular complexity index is 778. The number of carbonyl (C=O) groups excluding carboxylic acids is 2. The van der Waals surface area contributed by atoms with E-state index in [0.29, 0.717) is 30.0 Å². The SMILES string of the molecule is CCCCOC(=O)c1ccc(NC(=O)[C@@H](CC)Oc2cc(C)cc(C)c2)cc1. The molecule has 28 heavy (non-hydrogen) atoms. The van der Waals surface area contributed by atoms with Gasteiger partial charge in [0.1, 0.15) is 5.75 Å². The van der Waals surface area contributed by atoms with E-state index in [1.807, 2.05) is 39.8 Å². The zero-order chi connectivity index (χ0) is 20.5. The van der Waals surface area contributed by atoms with Crippen LogP contribution in [0.15, 0.2) is 42.5 Å². The lowest BCUT2D eigenvalue weighted by molar-refractivity contribution is -0.122. The summed E-state index contributed by atoms with van der Waals surface area (Å²) in [7, 11) is 0. The van der Waals surface area contributed by atoms with Crippen molar-refractivity contribution in [1.82, 2.24) is 0 Å². The molecule has 0 unspecified atom stereocenters. The van der Waals surface area contributed by atoms with Crippen molar-refractivity contribution in [2.45, 2.75) is 53.1 Å². The second-order valence-electron chi connectivity index (χ2n) is 6.89. The number of hydrogen-bond acceptors (Lipinski definition) is 4.